The summed E-state index contributed by atoms with van der Waals surface area (Å²) in [7, 11) is 0. The zero-order valence-corrected chi connectivity index (χ0v) is 13.5. The van der Waals surface area contributed by atoms with E-state index in [2.05, 4.69) is 4.74 Å². The molecule has 0 bridgehead atoms. The van der Waals surface area contributed by atoms with Gasteiger partial charge < -0.3 is 14.4 Å². The highest BCUT2D eigenvalue weighted by Crippen LogP contribution is 2.23. The second kappa shape index (κ2) is 6.75. The summed E-state index contributed by atoms with van der Waals surface area (Å²) >= 11 is 0. The van der Waals surface area contributed by atoms with Gasteiger partial charge >= 0.3 is 12.3 Å². The zero-order chi connectivity index (χ0) is 19.8. The number of hydrogen-bond donors (Lipinski definition) is 1. The summed E-state index contributed by atoms with van der Waals surface area (Å²) in [4.78, 5) is 23.5. The molecule has 0 radical (unpaired) electrons. The van der Waals surface area contributed by atoms with Crippen LogP contribution < -0.4 is 10.2 Å². The summed E-state index contributed by atoms with van der Waals surface area (Å²) in [6.45, 7) is 0.00676. The smallest absolute Gasteiger partial charge is 0.477 e. The molecule has 2 aromatic carbocycles. The molecule has 140 valence electrons. The molecule has 0 aliphatic rings. The molecule has 0 aliphatic carbocycles. The number of ether oxygens (including phenoxy) is 1. The average molecular weight is 381 g/mol. The molecule has 0 saturated heterocycles. The van der Waals surface area contributed by atoms with Crippen molar-refractivity contribution in [2.75, 3.05) is 0 Å². The maximum atomic E-state index is 14.1. The predicted octanol–water partition coefficient (Wildman–Crippen LogP) is 3.79. The first-order valence-corrected chi connectivity index (χ1v) is 7.55. The zero-order valence-electron chi connectivity index (χ0n) is 13.5. The van der Waals surface area contributed by atoms with Crippen molar-refractivity contribution in [1.29, 1.82) is 0 Å². The third-order valence-corrected chi connectivity index (χ3v) is 3.80. The van der Waals surface area contributed by atoms with Gasteiger partial charge in [-0.15, -0.1) is 13.2 Å². The van der Waals surface area contributed by atoms with E-state index in [9.17, 15) is 32.3 Å². The lowest BCUT2D eigenvalue weighted by Gasteiger charge is -2.14. The van der Waals surface area contributed by atoms with Crippen LogP contribution in [0.2, 0.25) is 0 Å². The Morgan fingerprint density at radius 2 is 1.78 bits per heavy atom. The van der Waals surface area contributed by atoms with E-state index in [1.165, 1.54) is 28.8 Å². The Kier molecular flexibility index (Phi) is 4.61. The molecule has 1 heterocycles. The summed E-state index contributed by atoms with van der Waals surface area (Å²) in [6, 6.07) is 8.78. The van der Waals surface area contributed by atoms with Crippen molar-refractivity contribution < 1.29 is 32.2 Å². The highest BCUT2D eigenvalue weighted by atomic mass is 19.4. The first-order valence-electron chi connectivity index (χ1n) is 7.55. The van der Waals surface area contributed by atoms with Crippen LogP contribution in [0, 0.1) is 5.82 Å². The summed E-state index contributed by atoms with van der Waals surface area (Å²) in [5.41, 5.74) is -0.888. The van der Waals surface area contributed by atoms with E-state index in [1.807, 2.05) is 0 Å². The molecule has 9 heteroatoms. The Balaban J connectivity index is 2.04. The van der Waals surface area contributed by atoms with Gasteiger partial charge in [-0.25, -0.2) is 9.18 Å². The lowest BCUT2D eigenvalue weighted by Crippen LogP contribution is -2.20. The van der Waals surface area contributed by atoms with Gasteiger partial charge in [0.25, 0.3) is 0 Å². The van der Waals surface area contributed by atoms with E-state index in [-0.39, 0.29) is 17.4 Å². The van der Waals surface area contributed by atoms with E-state index in [4.69, 9.17) is 0 Å². The highest BCUT2D eigenvalue weighted by molar-refractivity contribution is 5.92. The molecule has 0 atom stereocenters. The SMILES string of the molecule is O=C(O)c1cn(Cc2ccc(OC(F)(F)F)cc2)c2cccc(F)c2c1=O. The summed E-state index contributed by atoms with van der Waals surface area (Å²) in [6.07, 6.45) is -3.74. The van der Waals surface area contributed by atoms with Crippen LogP contribution in [-0.2, 0) is 6.54 Å². The van der Waals surface area contributed by atoms with Crippen LogP contribution in [0.4, 0.5) is 17.6 Å². The van der Waals surface area contributed by atoms with Gasteiger partial charge in [-0.3, -0.25) is 4.79 Å². The van der Waals surface area contributed by atoms with E-state index in [0.717, 1.165) is 24.4 Å². The van der Waals surface area contributed by atoms with Gasteiger partial charge in [-0.05, 0) is 29.8 Å². The van der Waals surface area contributed by atoms with Gasteiger partial charge in [-0.2, -0.15) is 0 Å². The molecule has 3 rings (SSSR count). The molecule has 3 aromatic rings. The largest absolute Gasteiger partial charge is 0.573 e. The average Bonchev–Trinajstić information content (AvgIpc) is 2.57. The van der Waals surface area contributed by atoms with Gasteiger partial charge in [0, 0.05) is 12.7 Å². The fourth-order valence-electron chi connectivity index (χ4n) is 2.67. The first-order chi connectivity index (χ1) is 12.7. The molecule has 0 fully saturated rings. The molecule has 0 spiro atoms. The van der Waals surface area contributed by atoms with Crippen molar-refractivity contribution in [3.63, 3.8) is 0 Å². The number of aromatic nitrogens is 1. The number of hydrogen-bond acceptors (Lipinski definition) is 3. The van der Waals surface area contributed by atoms with Crippen molar-refractivity contribution in [2.45, 2.75) is 12.9 Å². The van der Waals surface area contributed by atoms with Crippen LogP contribution in [0.3, 0.4) is 0 Å². The molecule has 0 amide bonds. The van der Waals surface area contributed by atoms with Crippen molar-refractivity contribution in [3.05, 3.63) is 75.8 Å². The minimum atomic E-state index is -4.82. The van der Waals surface area contributed by atoms with Gasteiger partial charge in [0.1, 0.15) is 17.1 Å². The molecule has 1 N–H and O–H groups in total. The third kappa shape index (κ3) is 3.91. The number of carbonyl (C=O) groups is 1. The molecular weight excluding hydrogens is 370 g/mol. The van der Waals surface area contributed by atoms with Gasteiger partial charge in [0.2, 0.25) is 5.43 Å². The number of halogens is 4. The summed E-state index contributed by atoms with van der Waals surface area (Å²) in [5, 5.41) is 8.83. The molecule has 5 nitrogen and oxygen atoms in total. The Morgan fingerprint density at radius 1 is 1.11 bits per heavy atom. The standard InChI is InChI=1S/C18H11F4NO4/c19-13-2-1-3-14-15(13)16(24)12(17(25)26)9-23(14)8-10-4-6-11(7-5-10)27-18(20,21)22/h1-7,9H,8H2,(H,25,26). The van der Waals surface area contributed by atoms with Crippen LogP contribution in [0.25, 0.3) is 10.9 Å². The molecular formula is C18H11F4NO4. The normalized spacial score (nSPS) is 11.6. The number of nitrogens with zero attached hydrogens (tertiary/aromatic N) is 1. The second-order valence-corrected chi connectivity index (χ2v) is 5.63. The summed E-state index contributed by atoms with van der Waals surface area (Å²) < 4.78 is 55.9. The topological polar surface area (TPSA) is 68.5 Å². The van der Waals surface area contributed by atoms with Crippen molar-refractivity contribution in [1.82, 2.24) is 4.57 Å². The fourth-order valence-corrected chi connectivity index (χ4v) is 2.67. The molecule has 27 heavy (non-hydrogen) atoms. The summed E-state index contributed by atoms with van der Waals surface area (Å²) in [5.74, 6) is -2.77. The van der Waals surface area contributed by atoms with E-state index in [0.29, 0.717) is 5.56 Å². The quantitative estimate of drug-likeness (QED) is 0.699. The Morgan fingerprint density at radius 3 is 2.37 bits per heavy atom. The van der Waals surface area contributed by atoms with Crippen LogP contribution in [0.15, 0.2) is 53.5 Å². The first kappa shape index (κ1) is 18.4. The minimum absolute atomic E-state index is 0.00676. The predicted molar refractivity (Wildman–Crippen MR) is 87.4 cm³/mol. The Bertz CT molecular complexity index is 1070. The number of pyridine rings is 1. The van der Waals surface area contributed by atoms with Crippen molar-refractivity contribution in [3.8, 4) is 5.75 Å². The molecule has 0 aliphatic heterocycles. The van der Waals surface area contributed by atoms with Crippen LogP contribution >= 0.6 is 0 Å². The van der Waals surface area contributed by atoms with Gasteiger partial charge in [0.05, 0.1) is 10.9 Å². The Labute approximate surface area is 149 Å². The lowest BCUT2D eigenvalue weighted by atomic mass is 10.1. The molecule has 1 aromatic heterocycles. The number of benzene rings is 2. The van der Waals surface area contributed by atoms with Gasteiger partial charge in [-0.1, -0.05) is 18.2 Å². The minimum Gasteiger partial charge on any atom is -0.477 e. The van der Waals surface area contributed by atoms with E-state index < -0.39 is 34.9 Å². The van der Waals surface area contributed by atoms with Gasteiger partial charge in [0.15, 0.2) is 0 Å². The van der Waals surface area contributed by atoms with Crippen LogP contribution in [0.1, 0.15) is 15.9 Å². The molecule has 0 saturated carbocycles. The lowest BCUT2D eigenvalue weighted by molar-refractivity contribution is -0.274. The highest BCUT2D eigenvalue weighted by Gasteiger charge is 2.31. The monoisotopic (exact) mass is 381 g/mol. The third-order valence-electron chi connectivity index (χ3n) is 3.80. The van der Waals surface area contributed by atoms with Crippen molar-refractivity contribution >= 4 is 16.9 Å². The maximum absolute atomic E-state index is 14.1. The number of rotatable bonds is 4. The number of aromatic carboxylic acids is 1. The fraction of sp³-hybridized carbons (Fsp3) is 0.111. The molecule has 0 unspecified atom stereocenters. The van der Waals surface area contributed by atoms with E-state index >= 15 is 0 Å². The number of alkyl halides is 3. The van der Waals surface area contributed by atoms with E-state index in [1.54, 1.807) is 0 Å². The van der Waals surface area contributed by atoms with Crippen LogP contribution in [0.5, 0.6) is 5.75 Å². The number of carboxylic acids is 1. The number of fused-ring (bicyclic) bond motifs is 1. The second-order valence-electron chi connectivity index (χ2n) is 5.63. The Hall–Kier alpha value is -3.36. The van der Waals surface area contributed by atoms with Crippen LogP contribution in [-0.4, -0.2) is 22.0 Å². The maximum Gasteiger partial charge on any atom is 0.573 e. The van der Waals surface area contributed by atoms with Crippen molar-refractivity contribution in [2.24, 2.45) is 0 Å². The number of carboxylic acid groups (broad SMARTS) is 1.